The summed E-state index contributed by atoms with van der Waals surface area (Å²) in [6.45, 7) is 2.78. The molecule has 4 nitrogen and oxygen atoms in total. The first-order valence-corrected chi connectivity index (χ1v) is 12.0. The third-order valence-corrected chi connectivity index (χ3v) is 6.86. The number of aliphatic hydroxyl groups is 1. The van der Waals surface area contributed by atoms with Crippen molar-refractivity contribution in [2.45, 2.75) is 57.1 Å². The zero-order chi connectivity index (χ0) is 23.2. The third-order valence-electron chi connectivity index (χ3n) is 6.86. The minimum atomic E-state index is -0.835. The van der Waals surface area contributed by atoms with Crippen LogP contribution in [0.15, 0.2) is 72.8 Å². The molecule has 0 aromatic heterocycles. The first kappa shape index (κ1) is 23.2. The van der Waals surface area contributed by atoms with E-state index in [4.69, 9.17) is 0 Å². The maximum Gasteiger partial charge on any atom is 0.335 e. The van der Waals surface area contributed by atoms with Gasteiger partial charge < -0.3 is 15.5 Å². The number of carbonyl (C=O) groups is 1. The summed E-state index contributed by atoms with van der Waals surface area (Å²) in [7, 11) is 0. The maximum absolute atomic E-state index is 11.7. The lowest BCUT2D eigenvalue weighted by molar-refractivity contribution is 0.0695. The van der Waals surface area contributed by atoms with Crippen molar-refractivity contribution in [1.29, 1.82) is 0 Å². The van der Waals surface area contributed by atoms with E-state index in [9.17, 15) is 15.0 Å². The summed E-state index contributed by atoms with van der Waals surface area (Å²) in [5.41, 5.74) is 5.76. The highest BCUT2D eigenvalue weighted by atomic mass is 16.4. The van der Waals surface area contributed by atoms with Crippen LogP contribution in [0.5, 0.6) is 0 Å². The van der Waals surface area contributed by atoms with Gasteiger partial charge in [-0.2, -0.15) is 0 Å². The van der Waals surface area contributed by atoms with Gasteiger partial charge in [-0.05, 0) is 72.5 Å². The van der Waals surface area contributed by atoms with E-state index in [0.29, 0.717) is 11.5 Å². The molecule has 0 bridgehead atoms. The van der Waals surface area contributed by atoms with E-state index in [2.05, 4.69) is 35.6 Å². The lowest BCUT2D eigenvalue weighted by Crippen LogP contribution is -2.33. The van der Waals surface area contributed by atoms with Gasteiger partial charge in [-0.25, -0.2) is 4.79 Å². The largest absolute Gasteiger partial charge is 0.478 e. The van der Waals surface area contributed by atoms with Crippen LogP contribution in [-0.2, 0) is 6.42 Å². The molecule has 2 atom stereocenters. The van der Waals surface area contributed by atoms with Crippen LogP contribution in [-0.4, -0.2) is 28.8 Å². The predicted molar refractivity (Wildman–Crippen MR) is 133 cm³/mol. The lowest BCUT2D eigenvalue weighted by Gasteiger charge is -2.20. The summed E-state index contributed by atoms with van der Waals surface area (Å²) in [5.74, 6) is -0.479. The third kappa shape index (κ3) is 5.70. The van der Waals surface area contributed by atoms with Crippen LogP contribution in [0.3, 0.4) is 0 Å². The molecule has 1 aliphatic rings. The highest BCUT2D eigenvalue weighted by Gasteiger charge is 2.23. The molecule has 33 heavy (non-hydrogen) atoms. The normalized spacial score (nSPS) is 15.9. The predicted octanol–water partition coefficient (Wildman–Crippen LogP) is 5.96. The van der Waals surface area contributed by atoms with E-state index in [1.165, 1.54) is 18.4 Å². The first-order chi connectivity index (χ1) is 16.0. The molecule has 0 aliphatic heterocycles. The summed E-state index contributed by atoms with van der Waals surface area (Å²) >= 11 is 0. The van der Waals surface area contributed by atoms with Crippen LogP contribution in [0.2, 0.25) is 0 Å². The number of rotatable bonds is 9. The van der Waals surface area contributed by atoms with Crippen molar-refractivity contribution in [3.63, 3.8) is 0 Å². The molecule has 172 valence electrons. The molecule has 4 heteroatoms. The van der Waals surface area contributed by atoms with E-state index in [0.717, 1.165) is 48.1 Å². The van der Waals surface area contributed by atoms with Gasteiger partial charge in [-0.15, -0.1) is 0 Å². The molecular formula is C29H33NO3. The molecule has 0 unspecified atom stereocenters. The molecule has 0 saturated heterocycles. The second kappa shape index (κ2) is 10.8. The van der Waals surface area contributed by atoms with Crippen LogP contribution in [0.1, 0.15) is 71.7 Å². The number of carboxylic acid groups (broad SMARTS) is 1. The summed E-state index contributed by atoms with van der Waals surface area (Å²) in [6, 6.07) is 24.0. The van der Waals surface area contributed by atoms with E-state index < -0.39 is 12.1 Å². The quantitative estimate of drug-likeness (QED) is 0.381. The van der Waals surface area contributed by atoms with E-state index in [1.54, 1.807) is 6.07 Å². The van der Waals surface area contributed by atoms with E-state index in [-0.39, 0.29) is 6.04 Å². The number of hydrogen-bond donors (Lipinski definition) is 3. The number of aliphatic hydroxyl groups excluding tert-OH is 1. The number of benzene rings is 3. The average molecular weight is 444 g/mol. The second-order valence-corrected chi connectivity index (χ2v) is 9.13. The van der Waals surface area contributed by atoms with Crippen molar-refractivity contribution in [2.24, 2.45) is 0 Å². The number of nitrogens with one attached hydrogen (secondary N) is 1. The Labute approximate surface area is 196 Å². The van der Waals surface area contributed by atoms with Gasteiger partial charge in [0, 0.05) is 6.04 Å². The Morgan fingerprint density at radius 3 is 2.30 bits per heavy atom. The molecule has 0 heterocycles. The van der Waals surface area contributed by atoms with Crippen molar-refractivity contribution >= 4 is 5.97 Å². The molecule has 3 N–H and O–H groups in total. The maximum atomic E-state index is 11.7. The topological polar surface area (TPSA) is 69.6 Å². The van der Waals surface area contributed by atoms with Crippen molar-refractivity contribution in [1.82, 2.24) is 5.32 Å². The monoisotopic (exact) mass is 443 g/mol. The molecule has 1 aliphatic carbocycles. The Morgan fingerprint density at radius 1 is 0.970 bits per heavy atom. The van der Waals surface area contributed by atoms with Gasteiger partial charge in [0.2, 0.25) is 0 Å². The summed E-state index contributed by atoms with van der Waals surface area (Å²) in [6.07, 6.45) is 4.85. The van der Waals surface area contributed by atoms with E-state index >= 15 is 0 Å². The molecule has 3 aromatic carbocycles. The van der Waals surface area contributed by atoms with Crippen LogP contribution in [0.4, 0.5) is 0 Å². The van der Waals surface area contributed by atoms with Gasteiger partial charge in [0.25, 0.3) is 0 Å². The Kier molecular flexibility index (Phi) is 7.58. The summed E-state index contributed by atoms with van der Waals surface area (Å²) < 4.78 is 0. The standard InChI is InChI=1S/C29H33NO3/c1-20(28(31)24-9-3-2-4-10-24)30-18-17-21-11-13-22(14-12-21)25-15-16-26(29(32)33)27(19-25)23-7-5-6-8-23/h2-4,9-16,19-20,23,28,30-31H,5-8,17-18H2,1H3,(H,32,33)/t20-,28+/m0/s1. The lowest BCUT2D eigenvalue weighted by atomic mass is 9.89. The fourth-order valence-electron chi connectivity index (χ4n) is 4.87. The fraction of sp³-hybridized carbons (Fsp3) is 0.345. The summed E-state index contributed by atoms with van der Waals surface area (Å²) in [4.78, 5) is 11.7. The second-order valence-electron chi connectivity index (χ2n) is 9.13. The SMILES string of the molecule is C[C@H](NCCc1ccc(-c2ccc(C(=O)O)c(C3CCCC3)c2)cc1)[C@@H](O)c1ccccc1. The highest BCUT2D eigenvalue weighted by Crippen LogP contribution is 2.37. The Hall–Kier alpha value is -2.95. The van der Waals surface area contributed by atoms with Gasteiger partial charge in [0.15, 0.2) is 0 Å². The number of carboxylic acids is 1. The van der Waals surface area contributed by atoms with Gasteiger partial charge >= 0.3 is 5.97 Å². The van der Waals surface area contributed by atoms with Crippen LogP contribution < -0.4 is 5.32 Å². The van der Waals surface area contributed by atoms with Gasteiger partial charge in [0.05, 0.1) is 11.7 Å². The molecule has 3 aromatic rings. The van der Waals surface area contributed by atoms with Crippen molar-refractivity contribution in [3.8, 4) is 11.1 Å². The average Bonchev–Trinajstić information content (AvgIpc) is 3.39. The number of hydrogen-bond acceptors (Lipinski definition) is 3. The minimum Gasteiger partial charge on any atom is -0.478 e. The summed E-state index contributed by atoms with van der Waals surface area (Å²) in [5, 5.41) is 23.6. The first-order valence-electron chi connectivity index (χ1n) is 12.0. The van der Waals surface area contributed by atoms with Gasteiger partial charge in [-0.1, -0.05) is 79.6 Å². The van der Waals surface area contributed by atoms with Gasteiger partial charge in [-0.3, -0.25) is 0 Å². The Bertz CT molecular complexity index is 1060. The van der Waals surface area contributed by atoms with Gasteiger partial charge in [0.1, 0.15) is 0 Å². The minimum absolute atomic E-state index is 0.0339. The smallest absolute Gasteiger partial charge is 0.335 e. The van der Waals surface area contributed by atoms with Crippen molar-refractivity contribution in [3.05, 3.63) is 95.1 Å². The van der Waals surface area contributed by atoms with Crippen molar-refractivity contribution in [2.75, 3.05) is 6.54 Å². The molecule has 0 spiro atoms. The Balaban J connectivity index is 1.38. The molecule has 4 rings (SSSR count). The number of aromatic carboxylic acids is 1. The fourth-order valence-corrected chi connectivity index (χ4v) is 4.87. The van der Waals surface area contributed by atoms with Crippen LogP contribution in [0, 0.1) is 0 Å². The molecule has 1 fully saturated rings. The highest BCUT2D eigenvalue weighted by molar-refractivity contribution is 5.90. The molecule has 0 amide bonds. The molecule has 0 radical (unpaired) electrons. The zero-order valence-corrected chi connectivity index (χ0v) is 19.2. The van der Waals surface area contributed by atoms with E-state index in [1.807, 2.05) is 43.3 Å². The molecule has 1 saturated carbocycles. The zero-order valence-electron chi connectivity index (χ0n) is 19.2. The Morgan fingerprint density at radius 2 is 1.64 bits per heavy atom. The van der Waals surface area contributed by atoms with Crippen molar-refractivity contribution < 1.29 is 15.0 Å². The molecular weight excluding hydrogens is 410 g/mol. The van der Waals surface area contributed by atoms with Crippen LogP contribution in [0.25, 0.3) is 11.1 Å². The van der Waals surface area contributed by atoms with Crippen LogP contribution >= 0.6 is 0 Å².